The molecule has 0 atom stereocenters. The van der Waals surface area contributed by atoms with E-state index < -0.39 is 0 Å². The van der Waals surface area contributed by atoms with Crippen molar-refractivity contribution in [3.05, 3.63) is 28.1 Å². The Bertz CT molecular complexity index is 538. The van der Waals surface area contributed by atoms with Gasteiger partial charge in [0.15, 0.2) is 0 Å². The van der Waals surface area contributed by atoms with E-state index in [9.17, 15) is 14.4 Å². The average Bonchev–Trinajstić information content (AvgIpc) is 2.32. The molecule has 18 heavy (non-hydrogen) atoms. The van der Waals surface area contributed by atoms with E-state index in [4.69, 9.17) is 0 Å². The Hall–Kier alpha value is -0.190. The molecular weight excluding hydrogens is 462 g/mol. The van der Waals surface area contributed by atoms with Crippen molar-refractivity contribution in [1.82, 2.24) is 9.13 Å². The summed E-state index contributed by atoms with van der Waals surface area (Å²) in [7, 11) is 1.65. The molecule has 0 aliphatic heterocycles. The standard InChI is InChI=1S/C11H14I2N2O3/c1-7(16)5-3-4-6-15-10(17)8(12)9(13)14(2)11(15)18/h3-6H2,1-2H3. The molecule has 0 N–H and O–H groups in total. The summed E-state index contributed by atoms with van der Waals surface area (Å²) in [6, 6.07) is 0. The molecule has 0 radical (unpaired) electrons. The second kappa shape index (κ2) is 6.83. The monoisotopic (exact) mass is 476 g/mol. The molecule has 0 unspecified atom stereocenters. The summed E-state index contributed by atoms with van der Waals surface area (Å²) in [6.45, 7) is 1.91. The lowest BCUT2D eigenvalue weighted by atomic mass is 10.2. The first kappa shape index (κ1) is 15.9. The second-order valence-electron chi connectivity index (χ2n) is 4.06. The highest BCUT2D eigenvalue weighted by Crippen LogP contribution is 2.07. The number of carbonyl (C=O) groups is 1. The number of hydrogen-bond donors (Lipinski definition) is 0. The van der Waals surface area contributed by atoms with Gasteiger partial charge in [-0.3, -0.25) is 13.9 Å². The zero-order valence-corrected chi connectivity index (χ0v) is 14.5. The molecule has 1 aromatic heterocycles. The van der Waals surface area contributed by atoms with Gasteiger partial charge < -0.3 is 4.79 Å². The fraction of sp³-hybridized carbons (Fsp3) is 0.545. The van der Waals surface area contributed by atoms with E-state index in [0.717, 1.165) is 0 Å². The Morgan fingerprint density at radius 2 is 1.83 bits per heavy atom. The number of carbonyl (C=O) groups excluding carboxylic acids is 1. The van der Waals surface area contributed by atoms with Crippen LogP contribution < -0.4 is 11.2 Å². The zero-order valence-electron chi connectivity index (χ0n) is 10.2. The van der Waals surface area contributed by atoms with Gasteiger partial charge >= 0.3 is 5.69 Å². The minimum atomic E-state index is -0.298. The molecule has 1 aromatic rings. The first-order chi connectivity index (χ1) is 8.36. The Labute approximate surface area is 132 Å². The summed E-state index contributed by atoms with van der Waals surface area (Å²) < 4.78 is 3.92. The molecule has 1 rings (SSSR count). The predicted molar refractivity (Wildman–Crippen MR) is 85.9 cm³/mol. The van der Waals surface area contributed by atoms with Gasteiger partial charge in [-0.05, 0) is 64.9 Å². The van der Waals surface area contributed by atoms with Crippen LogP contribution in [0.2, 0.25) is 0 Å². The van der Waals surface area contributed by atoms with Crippen LogP contribution in [0.3, 0.4) is 0 Å². The van der Waals surface area contributed by atoms with Crippen LogP contribution in [0.4, 0.5) is 0 Å². The third-order valence-corrected chi connectivity index (χ3v) is 5.85. The fourth-order valence-electron chi connectivity index (χ4n) is 1.55. The quantitative estimate of drug-likeness (QED) is 0.368. The molecular formula is C11H14I2N2O3. The Morgan fingerprint density at radius 1 is 1.22 bits per heavy atom. The van der Waals surface area contributed by atoms with Crippen LogP contribution in [0.15, 0.2) is 9.59 Å². The minimum Gasteiger partial charge on any atom is -0.300 e. The Morgan fingerprint density at radius 3 is 2.39 bits per heavy atom. The number of ketones is 1. The maximum absolute atomic E-state index is 12.0. The van der Waals surface area contributed by atoms with Crippen molar-refractivity contribution in [2.45, 2.75) is 32.7 Å². The largest absolute Gasteiger partial charge is 0.331 e. The van der Waals surface area contributed by atoms with E-state index in [1.807, 2.05) is 45.2 Å². The van der Waals surface area contributed by atoms with Crippen molar-refractivity contribution in [2.24, 2.45) is 7.05 Å². The highest BCUT2D eigenvalue weighted by atomic mass is 127. The summed E-state index contributed by atoms with van der Waals surface area (Å²) in [5, 5.41) is 0. The van der Waals surface area contributed by atoms with Gasteiger partial charge in [0.05, 0.1) is 0 Å². The van der Waals surface area contributed by atoms with E-state index in [1.54, 1.807) is 14.0 Å². The summed E-state index contributed by atoms with van der Waals surface area (Å²) in [6.07, 6.45) is 1.86. The number of halogens is 2. The minimum absolute atomic E-state index is 0.132. The van der Waals surface area contributed by atoms with Crippen LogP contribution in [0, 0.1) is 7.27 Å². The number of aromatic nitrogens is 2. The molecule has 0 amide bonds. The molecule has 0 spiro atoms. The summed E-state index contributed by atoms with van der Waals surface area (Å²) in [4.78, 5) is 34.7. The molecule has 7 heteroatoms. The maximum atomic E-state index is 12.0. The molecule has 5 nitrogen and oxygen atoms in total. The van der Waals surface area contributed by atoms with Crippen molar-refractivity contribution >= 4 is 51.0 Å². The van der Waals surface area contributed by atoms with Crippen LogP contribution in [0.5, 0.6) is 0 Å². The topological polar surface area (TPSA) is 61.1 Å². The van der Waals surface area contributed by atoms with E-state index in [-0.39, 0.29) is 17.0 Å². The van der Waals surface area contributed by atoms with Crippen molar-refractivity contribution < 1.29 is 4.79 Å². The lowest BCUT2D eigenvalue weighted by Crippen LogP contribution is -2.41. The van der Waals surface area contributed by atoms with Gasteiger partial charge in [-0.25, -0.2) is 4.79 Å². The van der Waals surface area contributed by atoms with Gasteiger partial charge in [0, 0.05) is 20.0 Å². The number of nitrogens with zero attached hydrogens (tertiary/aromatic N) is 2. The highest BCUT2D eigenvalue weighted by Gasteiger charge is 2.12. The van der Waals surface area contributed by atoms with E-state index in [1.165, 1.54) is 9.13 Å². The van der Waals surface area contributed by atoms with Crippen LogP contribution in [-0.4, -0.2) is 14.9 Å². The smallest absolute Gasteiger partial charge is 0.300 e. The molecule has 0 aliphatic carbocycles. The number of hydrogen-bond acceptors (Lipinski definition) is 3. The number of rotatable bonds is 5. The predicted octanol–water partition coefficient (Wildman–Crippen LogP) is 1.52. The third kappa shape index (κ3) is 3.65. The van der Waals surface area contributed by atoms with Gasteiger partial charge in [-0.15, -0.1) is 0 Å². The molecule has 0 aromatic carbocycles. The van der Waals surface area contributed by atoms with Gasteiger partial charge in [-0.1, -0.05) is 0 Å². The summed E-state index contributed by atoms with van der Waals surface area (Å²) in [5.74, 6) is 0.132. The molecule has 0 aliphatic rings. The average molecular weight is 476 g/mol. The van der Waals surface area contributed by atoms with Gasteiger partial charge in [0.2, 0.25) is 0 Å². The van der Waals surface area contributed by atoms with Crippen molar-refractivity contribution in [2.75, 3.05) is 0 Å². The molecule has 0 fully saturated rings. The Kier molecular flexibility index (Phi) is 6.02. The SMILES string of the molecule is CC(=O)CCCCn1c(=O)c(I)c(I)n(C)c1=O. The van der Waals surface area contributed by atoms with Gasteiger partial charge in [0.25, 0.3) is 5.56 Å². The normalized spacial score (nSPS) is 10.7. The van der Waals surface area contributed by atoms with E-state index in [2.05, 4.69) is 0 Å². The van der Waals surface area contributed by atoms with Gasteiger partial charge in [0.1, 0.15) is 13.1 Å². The van der Waals surface area contributed by atoms with Crippen LogP contribution in [0.1, 0.15) is 26.2 Å². The van der Waals surface area contributed by atoms with Crippen LogP contribution >= 0.6 is 45.2 Å². The molecule has 1 heterocycles. The van der Waals surface area contributed by atoms with Gasteiger partial charge in [-0.2, -0.15) is 0 Å². The summed E-state index contributed by atoms with van der Waals surface area (Å²) in [5.41, 5.74) is -0.543. The summed E-state index contributed by atoms with van der Waals surface area (Å²) >= 11 is 3.94. The van der Waals surface area contributed by atoms with E-state index in [0.29, 0.717) is 33.1 Å². The van der Waals surface area contributed by atoms with Crippen molar-refractivity contribution in [3.8, 4) is 0 Å². The van der Waals surface area contributed by atoms with E-state index >= 15 is 0 Å². The first-order valence-electron chi connectivity index (χ1n) is 5.50. The van der Waals surface area contributed by atoms with Crippen molar-refractivity contribution in [3.63, 3.8) is 0 Å². The van der Waals surface area contributed by atoms with Crippen LogP contribution in [0.25, 0.3) is 0 Å². The molecule has 0 saturated carbocycles. The second-order valence-corrected chi connectivity index (χ2v) is 6.16. The third-order valence-electron chi connectivity index (χ3n) is 2.59. The molecule has 0 saturated heterocycles. The maximum Gasteiger partial charge on any atom is 0.331 e. The molecule has 0 bridgehead atoms. The Balaban J connectivity index is 2.94. The number of unbranched alkanes of at least 4 members (excludes halogenated alkanes) is 1. The van der Waals surface area contributed by atoms with Crippen LogP contribution in [-0.2, 0) is 18.4 Å². The fourth-order valence-corrected chi connectivity index (χ4v) is 2.64. The lowest BCUT2D eigenvalue weighted by Gasteiger charge is -2.10. The zero-order chi connectivity index (χ0) is 13.9. The number of Topliss-reactive ketones (excluding diaryl/α,β-unsaturated/α-hetero) is 1. The first-order valence-corrected chi connectivity index (χ1v) is 7.66. The molecule has 100 valence electrons. The van der Waals surface area contributed by atoms with Crippen molar-refractivity contribution in [1.29, 1.82) is 0 Å². The lowest BCUT2D eigenvalue weighted by molar-refractivity contribution is -0.117. The highest BCUT2D eigenvalue weighted by molar-refractivity contribution is 14.1.